The molecule has 0 spiro atoms. The van der Waals surface area contributed by atoms with Gasteiger partial charge in [0.15, 0.2) is 0 Å². The summed E-state index contributed by atoms with van der Waals surface area (Å²) >= 11 is 0. The predicted octanol–water partition coefficient (Wildman–Crippen LogP) is 3.21. The number of methoxy groups -OCH3 is 2. The quantitative estimate of drug-likeness (QED) is 0.792. The summed E-state index contributed by atoms with van der Waals surface area (Å²) < 4.78 is 11.1. The molecule has 152 valence electrons. The first kappa shape index (κ1) is 20.4. The Hall–Kier alpha value is -1.30. The normalized spacial score (nSPS) is 22.7. The molecule has 0 unspecified atom stereocenters. The Morgan fingerprint density at radius 2 is 1.85 bits per heavy atom. The van der Waals surface area contributed by atoms with Crippen LogP contribution in [-0.2, 0) is 6.54 Å². The smallest absolute Gasteiger partial charge is 0.129 e. The highest BCUT2D eigenvalue weighted by Crippen LogP contribution is 2.33. The van der Waals surface area contributed by atoms with E-state index in [2.05, 4.69) is 22.8 Å². The first-order valence-corrected chi connectivity index (χ1v) is 10.5. The molecule has 5 heteroatoms. The molecule has 1 aliphatic carbocycles. The fourth-order valence-electron chi connectivity index (χ4n) is 4.98. The Kier molecular flexibility index (Phi) is 7.39. The molecule has 0 bridgehead atoms. The minimum Gasteiger partial charge on any atom is -0.496 e. The second-order valence-corrected chi connectivity index (χ2v) is 8.02. The number of hydrogen-bond acceptors (Lipinski definition) is 5. The van der Waals surface area contributed by atoms with Gasteiger partial charge in [0, 0.05) is 56.0 Å². The van der Waals surface area contributed by atoms with Crippen molar-refractivity contribution in [1.82, 2.24) is 9.80 Å². The van der Waals surface area contributed by atoms with E-state index in [9.17, 15) is 5.11 Å². The van der Waals surface area contributed by atoms with Crippen LogP contribution < -0.4 is 9.47 Å². The molecular formula is C22H36N2O3. The average Bonchev–Trinajstić information content (AvgIpc) is 2.69. The van der Waals surface area contributed by atoms with Crippen molar-refractivity contribution in [2.45, 2.75) is 64.1 Å². The van der Waals surface area contributed by atoms with Crippen LogP contribution in [0.15, 0.2) is 12.1 Å². The maximum Gasteiger partial charge on any atom is 0.129 e. The Bertz CT molecular complexity index is 601. The van der Waals surface area contributed by atoms with Crippen LogP contribution in [0.25, 0.3) is 0 Å². The minimum absolute atomic E-state index is 0.271. The van der Waals surface area contributed by atoms with Gasteiger partial charge in [0.2, 0.25) is 0 Å². The molecule has 0 aromatic heterocycles. The van der Waals surface area contributed by atoms with Gasteiger partial charge in [-0.1, -0.05) is 25.3 Å². The second kappa shape index (κ2) is 9.76. The van der Waals surface area contributed by atoms with Crippen LogP contribution in [0.2, 0.25) is 0 Å². The monoisotopic (exact) mass is 376 g/mol. The number of aliphatic hydroxyl groups is 1. The lowest BCUT2D eigenvalue weighted by Gasteiger charge is -2.46. The third kappa shape index (κ3) is 4.76. The molecule has 1 aliphatic heterocycles. The number of ether oxygens (including phenoxy) is 2. The highest BCUT2D eigenvalue weighted by Gasteiger charge is 2.32. The second-order valence-electron chi connectivity index (χ2n) is 8.02. The first-order chi connectivity index (χ1) is 13.2. The van der Waals surface area contributed by atoms with E-state index in [1.807, 2.05) is 6.07 Å². The number of benzene rings is 1. The van der Waals surface area contributed by atoms with E-state index in [-0.39, 0.29) is 6.61 Å². The van der Waals surface area contributed by atoms with Crippen molar-refractivity contribution >= 4 is 0 Å². The third-order valence-corrected chi connectivity index (χ3v) is 6.37. The maximum absolute atomic E-state index is 9.61. The van der Waals surface area contributed by atoms with Gasteiger partial charge >= 0.3 is 0 Å². The van der Waals surface area contributed by atoms with Gasteiger partial charge in [-0.25, -0.2) is 0 Å². The third-order valence-electron chi connectivity index (χ3n) is 6.37. The molecule has 1 aromatic carbocycles. The largest absolute Gasteiger partial charge is 0.496 e. The van der Waals surface area contributed by atoms with Crippen molar-refractivity contribution in [3.05, 3.63) is 23.3 Å². The molecule has 1 saturated heterocycles. The van der Waals surface area contributed by atoms with E-state index in [0.717, 1.165) is 55.7 Å². The summed E-state index contributed by atoms with van der Waals surface area (Å²) in [6.45, 7) is 6.41. The summed E-state index contributed by atoms with van der Waals surface area (Å²) in [6.07, 6.45) is 7.63. The lowest BCUT2D eigenvalue weighted by atomic mass is 9.91. The molecule has 1 atom stereocenters. The number of hydrogen-bond donors (Lipinski definition) is 1. The highest BCUT2D eigenvalue weighted by molar-refractivity contribution is 5.49. The van der Waals surface area contributed by atoms with Gasteiger partial charge in [-0.15, -0.1) is 0 Å². The number of piperazine rings is 1. The zero-order valence-electron chi connectivity index (χ0n) is 17.2. The number of aliphatic hydroxyl groups excluding tert-OH is 1. The summed E-state index contributed by atoms with van der Waals surface area (Å²) in [5.41, 5.74) is 2.27. The summed E-state index contributed by atoms with van der Waals surface area (Å²) in [5, 5.41) is 9.61. The Balaban J connectivity index is 1.69. The molecule has 2 fully saturated rings. The van der Waals surface area contributed by atoms with Crippen LogP contribution >= 0.6 is 0 Å². The van der Waals surface area contributed by atoms with Gasteiger partial charge in [-0.05, 0) is 32.3 Å². The van der Waals surface area contributed by atoms with Gasteiger partial charge in [0.25, 0.3) is 0 Å². The van der Waals surface area contributed by atoms with E-state index in [1.165, 1.54) is 37.7 Å². The van der Waals surface area contributed by atoms with Crippen LogP contribution in [0.3, 0.4) is 0 Å². The molecule has 3 rings (SSSR count). The Morgan fingerprint density at radius 3 is 2.52 bits per heavy atom. The van der Waals surface area contributed by atoms with Crippen LogP contribution in [0.4, 0.5) is 0 Å². The predicted molar refractivity (Wildman–Crippen MR) is 109 cm³/mol. The zero-order valence-corrected chi connectivity index (χ0v) is 17.2. The van der Waals surface area contributed by atoms with Crippen molar-refractivity contribution in [3.63, 3.8) is 0 Å². The van der Waals surface area contributed by atoms with Gasteiger partial charge < -0.3 is 14.6 Å². The number of rotatable bonds is 7. The fraction of sp³-hybridized carbons (Fsp3) is 0.727. The van der Waals surface area contributed by atoms with E-state index < -0.39 is 0 Å². The zero-order chi connectivity index (χ0) is 19.2. The minimum atomic E-state index is 0.271. The topological polar surface area (TPSA) is 45.2 Å². The van der Waals surface area contributed by atoms with Crippen molar-refractivity contribution in [3.8, 4) is 11.5 Å². The van der Waals surface area contributed by atoms with Gasteiger partial charge in [-0.2, -0.15) is 0 Å². The van der Waals surface area contributed by atoms with Gasteiger partial charge in [0.05, 0.1) is 14.2 Å². The molecule has 1 heterocycles. The highest BCUT2D eigenvalue weighted by atomic mass is 16.5. The van der Waals surface area contributed by atoms with Crippen molar-refractivity contribution in [1.29, 1.82) is 0 Å². The van der Waals surface area contributed by atoms with E-state index >= 15 is 0 Å². The molecule has 5 nitrogen and oxygen atoms in total. The lowest BCUT2D eigenvalue weighted by molar-refractivity contribution is 0.0134. The van der Waals surface area contributed by atoms with Crippen LogP contribution in [-0.4, -0.2) is 67.5 Å². The Labute approximate surface area is 164 Å². The molecule has 1 saturated carbocycles. The number of nitrogens with zero attached hydrogens (tertiary/aromatic N) is 2. The first-order valence-electron chi connectivity index (χ1n) is 10.5. The summed E-state index contributed by atoms with van der Waals surface area (Å²) in [6, 6.07) is 5.34. The molecule has 1 N–H and O–H groups in total. The van der Waals surface area contributed by atoms with Crippen LogP contribution in [0, 0.1) is 6.92 Å². The lowest BCUT2D eigenvalue weighted by Crippen LogP contribution is -2.56. The van der Waals surface area contributed by atoms with E-state index in [4.69, 9.17) is 9.47 Å². The maximum atomic E-state index is 9.61. The summed E-state index contributed by atoms with van der Waals surface area (Å²) in [4.78, 5) is 5.21. The fourth-order valence-corrected chi connectivity index (χ4v) is 4.98. The molecule has 0 radical (unpaired) electrons. The van der Waals surface area contributed by atoms with E-state index in [0.29, 0.717) is 6.04 Å². The van der Waals surface area contributed by atoms with E-state index in [1.54, 1.807) is 14.2 Å². The van der Waals surface area contributed by atoms with Crippen LogP contribution in [0.5, 0.6) is 11.5 Å². The SMILES string of the molecule is COc1ccc(CN2CCN(C3CCCCC3)[C@@H](CCO)C2)c(OC)c1C. The standard InChI is InChI=1S/C22H36N2O3/c1-17-21(26-2)10-9-18(22(17)27-3)15-23-12-13-24(20(16-23)11-14-25)19-7-5-4-6-8-19/h9-10,19-20,25H,4-8,11-16H2,1-3H3/t20-/m0/s1. The molecule has 1 aromatic rings. The molecule has 27 heavy (non-hydrogen) atoms. The molecule has 0 amide bonds. The summed E-state index contributed by atoms with van der Waals surface area (Å²) in [7, 11) is 3.44. The van der Waals surface area contributed by atoms with Crippen molar-refractivity contribution in [2.75, 3.05) is 40.5 Å². The average molecular weight is 377 g/mol. The Morgan fingerprint density at radius 1 is 1.07 bits per heavy atom. The molecular weight excluding hydrogens is 340 g/mol. The van der Waals surface area contributed by atoms with Crippen molar-refractivity contribution in [2.24, 2.45) is 0 Å². The van der Waals surface area contributed by atoms with Crippen molar-refractivity contribution < 1.29 is 14.6 Å². The summed E-state index contributed by atoms with van der Waals surface area (Å²) in [5.74, 6) is 1.80. The van der Waals surface area contributed by atoms with Gasteiger partial charge in [0.1, 0.15) is 11.5 Å². The molecule has 2 aliphatic rings. The van der Waals surface area contributed by atoms with Gasteiger partial charge in [-0.3, -0.25) is 9.80 Å². The van der Waals surface area contributed by atoms with Crippen LogP contribution in [0.1, 0.15) is 49.7 Å².